The minimum Gasteiger partial charge on any atom is -0.444 e. The van der Waals surface area contributed by atoms with Gasteiger partial charge in [-0.05, 0) is 85.1 Å². The van der Waals surface area contributed by atoms with E-state index in [0.29, 0.717) is 28.6 Å². The SMILES string of the molecule is Cc1nc2c(nc1Br)nc(N1CCC3(CC1)Cc1ccccc1[C@H]3NC(=O)OC(C)(C)C)n2COCC[Si](C)(C)C(C)(C)C. The van der Waals surface area contributed by atoms with Crippen molar-refractivity contribution in [2.45, 2.75) is 110 Å². The molecule has 1 spiro atoms. The monoisotopic (exact) mass is 684 g/mol. The fourth-order valence-electron chi connectivity index (χ4n) is 6.26. The highest BCUT2D eigenvalue weighted by Crippen LogP contribution is 2.52. The number of piperidine rings is 1. The average molecular weight is 686 g/mol. The number of hydrogen-bond acceptors (Lipinski definition) is 7. The predicted molar refractivity (Wildman–Crippen MR) is 182 cm³/mol. The highest BCUT2D eigenvalue weighted by Gasteiger charge is 2.49. The molecule has 1 aromatic carbocycles. The van der Waals surface area contributed by atoms with Crippen molar-refractivity contribution in [3.05, 3.63) is 45.7 Å². The summed E-state index contributed by atoms with van der Waals surface area (Å²) >= 11 is 3.54. The van der Waals surface area contributed by atoms with Gasteiger partial charge in [0.05, 0.1) is 19.8 Å². The van der Waals surface area contributed by atoms with E-state index in [0.717, 1.165) is 55.7 Å². The summed E-state index contributed by atoms with van der Waals surface area (Å²) in [7, 11) is -1.45. The van der Waals surface area contributed by atoms with Gasteiger partial charge in [-0.15, -0.1) is 0 Å². The van der Waals surface area contributed by atoms with E-state index >= 15 is 0 Å². The summed E-state index contributed by atoms with van der Waals surface area (Å²) in [6, 6.07) is 9.48. The molecule has 0 bridgehead atoms. The Morgan fingerprint density at radius 2 is 1.77 bits per heavy atom. The van der Waals surface area contributed by atoms with Gasteiger partial charge in [0.15, 0.2) is 5.65 Å². The topological polar surface area (TPSA) is 94.4 Å². The number of carbonyl (C=O) groups excluding carboxylic acids is 1. The first-order valence-corrected chi connectivity index (χ1v) is 19.8. The van der Waals surface area contributed by atoms with E-state index in [9.17, 15) is 4.79 Å². The Hall–Kier alpha value is -2.50. The number of rotatable bonds is 7. The number of benzene rings is 1. The molecule has 5 rings (SSSR count). The zero-order chi connectivity index (χ0) is 32.1. The molecule has 240 valence electrons. The number of aromatic nitrogens is 4. The van der Waals surface area contributed by atoms with Crippen molar-refractivity contribution in [3.63, 3.8) is 0 Å². The Labute approximate surface area is 271 Å². The number of nitrogens with one attached hydrogen (secondary N) is 1. The van der Waals surface area contributed by atoms with Gasteiger partial charge in [-0.3, -0.25) is 4.57 Å². The van der Waals surface area contributed by atoms with Crippen molar-refractivity contribution in [2.24, 2.45) is 5.41 Å². The van der Waals surface area contributed by atoms with E-state index in [2.05, 4.69) is 88.8 Å². The van der Waals surface area contributed by atoms with E-state index in [1.807, 2.05) is 27.7 Å². The molecule has 3 heterocycles. The fourth-order valence-corrected chi connectivity index (χ4v) is 7.93. The second kappa shape index (κ2) is 12.0. The van der Waals surface area contributed by atoms with Gasteiger partial charge in [0.1, 0.15) is 16.9 Å². The van der Waals surface area contributed by atoms with E-state index in [1.165, 1.54) is 11.1 Å². The van der Waals surface area contributed by atoms with Crippen LogP contribution in [-0.2, 0) is 22.6 Å². The molecule has 1 saturated heterocycles. The Morgan fingerprint density at radius 1 is 1.09 bits per heavy atom. The van der Waals surface area contributed by atoms with E-state index in [-0.39, 0.29) is 17.6 Å². The van der Waals surface area contributed by atoms with Gasteiger partial charge in [0, 0.05) is 25.1 Å². The first-order chi connectivity index (χ1) is 20.5. The van der Waals surface area contributed by atoms with Crippen molar-refractivity contribution in [1.82, 2.24) is 24.8 Å². The van der Waals surface area contributed by atoms with Crippen LogP contribution in [0.25, 0.3) is 11.3 Å². The molecule has 9 nitrogen and oxygen atoms in total. The number of anilines is 1. The number of carbonyl (C=O) groups is 1. The molecule has 0 saturated carbocycles. The molecule has 1 N–H and O–H groups in total. The van der Waals surface area contributed by atoms with Gasteiger partial charge in [0.2, 0.25) is 11.6 Å². The van der Waals surface area contributed by atoms with Crippen molar-refractivity contribution in [1.29, 1.82) is 0 Å². The molecule has 0 radical (unpaired) electrons. The van der Waals surface area contributed by atoms with Crippen LogP contribution in [-0.4, -0.2) is 59.0 Å². The molecular formula is C33H49BrN6O3Si. The Kier molecular flexibility index (Phi) is 8.98. The largest absolute Gasteiger partial charge is 0.444 e. The van der Waals surface area contributed by atoms with Crippen molar-refractivity contribution < 1.29 is 14.3 Å². The van der Waals surface area contributed by atoms with Gasteiger partial charge in [-0.1, -0.05) is 58.1 Å². The second-order valence-electron chi connectivity index (χ2n) is 15.3. The van der Waals surface area contributed by atoms with Gasteiger partial charge < -0.3 is 19.7 Å². The highest BCUT2D eigenvalue weighted by molar-refractivity contribution is 9.10. The van der Waals surface area contributed by atoms with Crippen LogP contribution >= 0.6 is 15.9 Å². The zero-order valence-corrected chi connectivity index (χ0v) is 30.5. The summed E-state index contributed by atoms with van der Waals surface area (Å²) in [5.41, 5.74) is 4.03. The van der Waals surface area contributed by atoms with Crippen LogP contribution < -0.4 is 10.2 Å². The summed E-state index contributed by atoms with van der Waals surface area (Å²) in [6.45, 7) is 22.2. The normalized spacial score (nSPS) is 18.6. The summed E-state index contributed by atoms with van der Waals surface area (Å²) in [4.78, 5) is 29.9. The Bertz CT molecular complexity index is 1520. The van der Waals surface area contributed by atoms with Crippen LogP contribution in [0.1, 0.15) is 77.2 Å². The van der Waals surface area contributed by atoms with Crippen LogP contribution in [0.4, 0.5) is 10.7 Å². The molecule has 0 unspecified atom stereocenters. The lowest BCUT2D eigenvalue weighted by Crippen LogP contribution is -2.48. The second-order valence-corrected chi connectivity index (χ2v) is 21.8. The Morgan fingerprint density at radius 3 is 2.43 bits per heavy atom. The third kappa shape index (κ3) is 6.70. The van der Waals surface area contributed by atoms with E-state index in [1.54, 1.807) is 0 Å². The van der Waals surface area contributed by atoms with Gasteiger partial charge >= 0.3 is 6.09 Å². The first kappa shape index (κ1) is 32.9. The molecule has 1 atom stereocenters. The summed E-state index contributed by atoms with van der Waals surface area (Å²) in [6.07, 6.45) is 2.37. The number of ether oxygens (including phenoxy) is 2. The van der Waals surface area contributed by atoms with Crippen LogP contribution in [0.2, 0.25) is 24.2 Å². The maximum absolute atomic E-state index is 13.0. The summed E-state index contributed by atoms with van der Waals surface area (Å²) in [5, 5.41) is 3.58. The minimum atomic E-state index is -1.45. The number of hydrogen-bond donors (Lipinski definition) is 1. The number of alkyl carbamates (subject to hydrolysis) is 1. The van der Waals surface area contributed by atoms with Crippen molar-refractivity contribution in [2.75, 3.05) is 24.6 Å². The summed E-state index contributed by atoms with van der Waals surface area (Å²) < 4.78 is 14.8. The lowest BCUT2D eigenvalue weighted by molar-refractivity contribution is 0.0427. The third-order valence-corrected chi connectivity index (χ3v) is 16.3. The fraction of sp³-hybridized carbons (Fsp3) is 0.636. The zero-order valence-electron chi connectivity index (χ0n) is 27.9. The number of imidazole rings is 1. The number of halogens is 1. The van der Waals surface area contributed by atoms with Gasteiger partial charge in [-0.2, -0.15) is 4.98 Å². The molecule has 1 aliphatic carbocycles. The number of nitrogens with zero attached hydrogens (tertiary/aromatic N) is 5. The number of amides is 1. The maximum Gasteiger partial charge on any atom is 0.408 e. The molecule has 44 heavy (non-hydrogen) atoms. The van der Waals surface area contributed by atoms with Crippen molar-refractivity contribution >= 4 is 47.3 Å². The molecule has 11 heteroatoms. The maximum atomic E-state index is 13.0. The predicted octanol–water partition coefficient (Wildman–Crippen LogP) is 7.79. The quantitative estimate of drug-likeness (QED) is 0.201. The van der Waals surface area contributed by atoms with Crippen LogP contribution in [0.3, 0.4) is 0 Å². The van der Waals surface area contributed by atoms with Gasteiger partial charge in [0.25, 0.3) is 0 Å². The first-order valence-electron chi connectivity index (χ1n) is 15.8. The molecular weight excluding hydrogens is 636 g/mol. The number of aryl methyl sites for hydroxylation is 1. The smallest absolute Gasteiger partial charge is 0.408 e. The molecule has 2 aromatic heterocycles. The lowest BCUT2D eigenvalue weighted by atomic mass is 9.73. The Balaban J connectivity index is 1.37. The average Bonchev–Trinajstić information content (AvgIpc) is 3.40. The minimum absolute atomic E-state index is 0.0935. The highest BCUT2D eigenvalue weighted by atomic mass is 79.9. The molecule has 2 aliphatic rings. The van der Waals surface area contributed by atoms with E-state index in [4.69, 9.17) is 24.4 Å². The van der Waals surface area contributed by atoms with Crippen molar-refractivity contribution in [3.8, 4) is 0 Å². The van der Waals surface area contributed by atoms with Crippen LogP contribution in [0, 0.1) is 12.3 Å². The molecule has 3 aromatic rings. The third-order valence-electron chi connectivity index (χ3n) is 10.0. The van der Waals surface area contributed by atoms with Gasteiger partial charge in [-0.25, -0.2) is 14.8 Å². The number of fused-ring (bicyclic) bond motifs is 2. The summed E-state index contributed by atoms with van der Waals surface area (Å²) in [5.74, 6) is 0.840. The van der Waals surface area contributed by atoms with Crippen LogP contribution in [0.5, 0.6) is 0 Å². The molecule has 1 amide bonds. The van der Waals surface area contributed by atoms with Crippen LogP contribution in [0.15, 0.2) is 28.9 Å². The lowest BCUT2D eigenvalue weighted by Gasteiger charge is -2.43. The molecule has 1 fully saturated rings. The molecule has 1 aliphatic heterocycles. The standard InChI is InChI=1S/C33H49BrN6O3Si/c1-22-26(34)37-27-28(35-22)40(21-42-18-19-44(8,9)32(5,6)7)29(38-27)39-16-14-33(15-17-39)20-23-12-10-11-13-24(23)25(33)36-30(41)43-31(2,3)4/h10-13,25H,14-21H2,1-9H3,(H,36,41)/t25-/m1/s1. The van der Waals surface area contributed by atoms with E-state index < -0.39 is 13.7 Å².